The Bertz CT molecular complexity index is 618. The minimum Gasteiger partial charge on any atom is -0.387 e. The van der Waals surface area contributed by atoms with E-state index < -0.39 is 0 Å². The Morgan fingerprint density at radius 3 is 2.70 bits per heavy atom. The molecule has 0 saturated carbocycles. The van der Waals surface area contributed by atoms with Crippen LogP contribution < -0.4 is 11.1 Å². The van der Waals surface area contributed by atoms with Crippen LogP contribution in [0.25, 0.3) is 0 Å². The summed E-state index contributed by atoms with van der Waals surface area (Å²) < 4.78 is 0. The van der Waals surface area contributed by atoms with Crippen molar-refractivity contribution in [2.45, 2.75) is 59.3 Å². The SMILES string of the molecule is C=C(C1=CC2CC=C(CCCNCC)C=C2N=C(N)C1)N(CCC)CCC. The van der Waals surface area contributed by atoms with E-state index >= 15 is 0 Å². The van der Waals surface area contributed by atoms with Crippen molar-refractivity contribution < 1.29 is 0 Å². The van der Waals surface area contributed by atoms with Crippen LogP contribution in [-0.2, 0) is 0 Å². The molecule has 0 aromatic heterocycles. The molecule has 1 heterocycles. The lowest BCUT2D eigenvalue weighted by Crippen LogP contribution is -2.26. The van der Waals surface area contributed by atoms with E-state index in [-0.39, 0.29) is 0 Å². The number of amidine groups is 1. The molecule has 150 valence electrons. The van der Waals surface area contributed by atoms with E-state index in [4.69, 9.17) is 10.7 Å². The molecule has 0 fully saturated rings. The number of fused-ring (bicyclic) bond motifs is 1. The normalized spacial score (nSPS) is 19.3. The summed E-state index contributed by atoms with van der Waals surface area (Å²) in [5, 5.41) is 3.39. The van der Waals surface area contributed by atoms with Crippen LogP contribution in [0.5, 0.6) is 0 Å². The third-order valence-electron chi connectivity index (χ3n) is 5.20. The van der Waals surface area contributed by atoms with Gasteiger partial charge in [0.05, 0.1) is 0 Å². The number of nitrogens with two attached hydrogens (primary N) is 1. The van der Waals surface area contributed by atoms with E-state index in [9.17, 15) is 0 Å². The predicted octanol–water partition coefficient (Wildman–Crippen LogP) is 4.53. The van der Waals surface area contributed by atoms with Gasteiger partial charge < -0.3 is 16.0 Å². The Hall–Kier alpha value is -1.81. The summed E-state index contributed by atoms with van der Waals surface area (Å²) in [6.45, 7) is 15.2. The van der Waals surface area contributed by atoms with Crippen LogP contribution in [0.15, 0.2) is 52.3 Å². The van der Waals surface area contributed by atoms with Crippen LogP contribution in [-0.4, -0.2) is 36.9 Å². The van der Waals surface area contributed by atoms with Gasteiger partial charge in [-0.2, -0.15) is 0 Å². The molecule has 0 spiro atoms. The van der Waals surface area contributed by atoms with Crippen molar-refractivity contribution in [3.8, 4) is 0 Å². The fourth-order valence-corrected chi connectivity index (χ4v) is 3.82. The van der Waals surface area contributed by atoms with Crippen molar-refractivity contribution in [1.29, 1.82) is 0 Å². The summed E-state index contributed by atoms with van der Waals surface area (Å²) in [6.07, 6.45) is 13.2. The number of allylic oxidation sites excluding steroid dienone is 5. The molecule has 4 nitrogen and oxygen atoms in total. The first-order valence-corrected chi connectivity index (χ1v) is 10.7. The maximum Gasteiger partial charge on any atom is 0.104 e. The summed E-state index contributed by atoms with van der Waals surface area (Å²) in [5.41, 5.74) is 11.2. The number of rotatable bonds is 11. The van der Waals surface area contributed by atoms with Gasteiger partial charge in [-0.25, -0.2) is 4.99 Å². The fourth-order valence-electron chi connectivity index (χ4n) is 3.82. The van der Waals surface area contributed by atoms with Gasteiger partial charge in [-0.15, -0.1) is 0 Å². The zero-order valence-electron chi connectivity index (χ0n) is 17.6. The second-order valence-electron chi connectivity index (χ2n) is 7.55. The highest BCUT2D eigenvalue weighted by Crippen LogP contribution is 2.33. The first-order chi connectivity index (χ1) is 13.1. The molecular weight excluding hydrogens is 332 g/mol. The molecule has 0 saturated heterocycles. The maximum absolute atomic E-state index is 6.28. The minimum absolute atomic E-state index is 0.320. The maximum atomic E-state index is 6.28. The molecule has 0 amide bonds. The van der Waals surface area contributed by atoms with Crippen molar-refractivity contribution in [2.75, 3.05) is 26.2 Å². The molecule has 1 atom stereocenters. The van der Waals surface area contributed by atoms with Gasteiger partial charge in [-0.1, -0.05) is 45.1 Å². The molecule has 0 aromatic rings. The molecule has 27 heavy (non-hydrogen) atoms. The van der Waals surface area contributed by atoms with Crippen LogP contribution in [0.4, 0.5) is 0 Å². The van der Waals surface area contributed by atoms with Crippen molar-refractivity contribution >= 4 is 5.84 Å². The van der Waals surface area contributed by atoms with E-state index in [1.165, 1.54) is 11.1 Å². The summed E-state index contributed by atoms with van der Waals surface area (Å²) in [7, 11) is 0. The summed E-state index contributed by atoms with van der Waals surface area (Å²) >= 11 is 0. The van der Waals surface area contributed by atoms with Crippen molar-refractivity contribution in [3.63, 3.8) is 0 Å². The zero-order chi connectivity index (χ0) is 19.6. The zero-order valence-corrected chi connectivity index (χ0v) is 17.6. The Morgan fingerprint density at radius 1 is 1.30 bits per heavy atom. The Balaban J connectivity index is 2.11. The molecule has 3 N–H and O–H groups in total. The second-order valence-corrected chi connectivity index (χ2v) is 7.55. The van der Waals surface area contributed by atoms with Crippen molar-refractivity contribution in [1.82, 2.24) is 10.2 Å². The summed E-state index contributed by atoms with van der Waals surface area (Å²) in [5.74, 6) is 1.03. The van der Waals surface area contributed by atoms with E-state index in [2.05, 4.69) is 55.8 Å². The van der Waals surface area contributed by atoms with Gasteiger partial charge in [0, 0.05) is 36.8 Å². The lowest BCUT2D eigenvalue weighted by molar-refractivity contribution is 0.350. The van der Waals surface area contributed by atoms with E-state index in [0.29, 0.717) is 18.2 Å². The number of hydrogen-bond donors (Lipinski definition) is 2. The average molecular weight is 371 g/mol. The summed E-state index contributed by atoms with van der Waals surface area (Å²) in [4.78, 5) is 7.17. The molecule has 0 bridgehead atoms. The van der Waals surface area contributed by atoms with Gasteiger partial charge in [0.25, 0.3) is 0 Å². The van der Waals surface area contributed by atoms with Gasteiger partial charge in [0.1, 0.15) is 5.84 Å². The monoisotopic (exact) mass is 370 g/mol. The number of aliphatic imine (C=N–C) groups is 1. The molecule has 0 radical (unpaired) electrons. The highest BCUT2D eigenvalue weighted by Gasteiger charge is 2.22. The standard InChI is InChI=1S/C23H38N4/c1-5-13-27(14-6-2)18(4)21-16-20-11-10-19(9-8-12-25-7-3)15-22(20)26-23(24)17-21/h10,15-16,20,25H,4-9,11-14,17H2,1-3H3,(H2,24,26). The molecule has 4 heteroatoms. The highest BCUT2D eigenvalue weighted by molar-refractivity contribution is 5.85. The van der Waals surface area contributed by atoms with Gasteiger partial charge >= 0.3 is 0 Å². The first-order valence-electron chi connectivity index (χ1n) is 10.7. The van der Waals surface area contributed by atoms with Crippen molar-refractivity contribution in [2.24, 2.45) is 16.6 Å². The number of nitrogens with zero attached hydrogens (tertiary/aromatic N) is 2. The minimum atomic E-state index is 0.320. The second kappa shape index (κ2) is 11.1. The third kappa shape index (κ3) is 6.39. The van der Waals surface area contributed by atoms with Gasteiger partial charge in [-0.05, 0) is 56.8 Å². The highest BCUT2D eigenvalue weighted by atomic mass is 15.1. The molecule has 1 unspecified atom stereocenters. The molecule has 2 aliphatic rings. The Labute approximate surface area is 166 Å². The Morgan fingerprint density at radius 2 is 2.04 bits per heavy atom. The van der Waals surface area contributed by atoms with E-state index in [0.717, 1.165) is 69.7 Å². The smallest absolute Gasteiger partial charge is 0.104 e. The molecular formula is C23H38N4. The van der Waals surface area contributed by atoms with Gasteiger partial charge in [0.15, 0.2) is 0 Å². The number of hydrogen-bond acceptors (Lipinski definition) is 4. The van der Waals surface area contributed by atoms with Crippen LogP contribution in [0, 0.1) is 5.92 Å². The van der Waals surface area contributed by atoms with Crippen LogP contribution >= 0.6 is 0 Å². The fraction of sp³-hybridized carbons (Fsp3) is 0.609. The van der Waals surface area contributed by atoms with E-state index in [1.54, 1.807) is 0 Å². The third-order valence-corrected chi connectivity index (χ3v) is 5.20. The molecule has 0 aromatic carbocycles. The predicted molar refractivity (Wildman–Crippen MR) is 118 cm³/mol. The number of nitrogens with one attached hydrogen (secondary N) is 1. The first kappa shape index (κ1) is 21.5. The van der Waals surface area contributed by atoms with E-state index in [1.807, 2.05) is 0 Å². The summed E-state index contributed by atoms with van der Waals surface area (Å²) in [6, 6.07) is 0. The lowest BCUT2D eigenvalue weighted by atomic mass is 9.89. The van der Waals surface area contributed by atoms with Gasteiger partial charge in [-0.3, -0.25) is 0 Å². The van der Waals surface area contributed by atoms with Crippen LogP contribution in [0.3, 0.4) is 0 Å². The largest absolute Gasteiger partial charge is 0.387 e. The quantitative estimate of drug-likeness (QED) is 0.525. The topological polar surface area (TPSA) is 53.6 Å². The van der Waals surface area contributed by atoms with Crippen molar-refractivity contribution in [3.05, 3.63) is 47.3 Å². The van der Waals surface area contributed by atoms with Crippen LogP contribution in [0.1, 0.15) is 59.3 Å². The average Bonchev–Trinajstić information content (AvgIpc) is 2.82. The molecule has 1 aliphatic heterocycles. The van der Waals surface area contributed by atoms with Crippen LogP contribution in [0.2, 0.25) is 0 Å². The lowest BCUT2D eigenvalue weighted by Gasteiger charge is -2.28. The molecule has 2 rings (SSSR count). The Kier molecular flexibility index (Phi) is 8.86. The molecule has 1 aliphatic carbocycles. The van der Waals surface area contributed by atoms with Gasteiger partial charge in [0.2, 0.25) is 0 Å².